The van der Waals surface area contributed by atoms with E-state index < -0.39 is 5.41 Å². The van der Waals surface area contributed by atoms with Gasteiger partial charge in [-0.3, -0.25) is 4.79 Å². The number of amides is 1. The number of hydrogen-bond donors (Lipinski definition) is 1. The topological polar surface area (TPSA) is 55.1 Å². The summed E-state index contributed by atoms with van der Waals surface area (Å²) in [5, 5.41) is 8.98. The summed E-state index contributed by atoms with van der Waals surface area (Å²) in [5.74, 6) is 0.0379. The molecule has 0 saturated heterocycles. The van der Waals surface area contributed by atoms with Crippen LogP contribution in [0.3, 0.4) is 0 Å². The minimum atomic E-state index is -0.424. The number of carbonyl (C=O) groups excluding carboxylic acids is 1. The minimum absolute atomic E-state index is 0.0351. The lowest BCUT2D eigenvalue weighted by atomic mass is 9.83. The van der Waals surface area contributed by atoms with Gasteiger partial charge in [0.15, 0.2) is 5.76 Å². The Morgan fingerprint density at radius 1 is 1.23 bits per heavy atom. The molecule has 1 aliphatic carbocycles. The third-order valence-electron chi connectivity index (χ3n) is 5.01. The van der Waals surface area contributed by atoms with Crippen LogP contribution in [0.1, 0.15) is 36.3 Å². The van der Waals surface area contributed by atoms with E-state index in [1.54, 1.807) is 35.6 Å². The molecule has 0 bridgehead atoms. The van der Waals surface area contributed by atoms with Crippen molar-refractivity contribution in [2.24, 2.45) is 0 Å². The molecule has 6 heteroatoms. The van der Waals surface area contributed by atoms with Crippen molar-refractivity contribution < 1.29 is 13.7 Å². The van der Waals surface area contributed by atoms with Gasteiger partial charge in [-0.1, -0.05) is 36.2 Å². The second-order valence-corrected chi connectivity index (χ2v) is 7.56. The smallest absolute Gasteiger partial charge is 0.231 e. The molecule has 1 aliphatic rings. The van der Waals surface area contributed by atoms with E-state index in [1.165, 1.54) is 6.07 Å². The van der Waals surface area contributed by atoms with Crippen LogP contribution in [0.2, 0.25) is 0 Å². The summed E-state index contributed by atoms with van der Waals surface area (Å²) in [6.45, 7) is 0.268. The molecular weight excluding hydrogens is 351 g/mol. The molecule has 0 radical (unpaired) electrons. The summed E-state index contributed by atoms with van der Waals surface area (Å²) in [7, 11) is 0. The molecule has 0 spiro atoms. The summed E-state index contributed by atoms with van der Waals surface area (Å²) in [5.41, 5.74) is 0.520. The maximum Gasteiger partial charge on any atom is 0.231 e. The van der Waals surface area contributed by atoms with E-state index in [9.17, 15) is 9.18 Å². The molecule has 4 rings (SSSR count). The predicted molar refractivity (Wildman–Crippen MR) is 98.2 cm³/mol. The van der Waals surface area contributed by atoms with Gasteiger partial charge in [0.05, 0.1) is 17.5 Å². The Hall–Kier alpha value is -2.47. The Morgan fingerprint density at radius 2 is 2.04 bits per heavy atom. The molecule has 0 aliphatic heterocycles. The van der Waals surface area contributed by atoms with Crippen molar-refractivity contribution in [3.05, 3.63) is 64.2 Å². The average Bonchev–Trinajstić information content (AvgIpc) is 3.41. The molecule has 2 aromatic heterocycles. The fraction of sp³-hybridized carbons (Fsp3) is 0.300. The Morgan fingerprint density at radius 3 is 2.77 bits per heavy atom. The highest BCUT2D eigenvalue weighted by Crippen LogP contribution is 2.43. The van der Waals surface area contributed by atoms with Gasteiger partial charge in [0.25, 0.3) is 0 Å². The Balaban J connectivity index is 1.48. The van der Waals surface area contributed by atoms with Crippen LogP contribution < -0.4 is 5.32 Å². The molecule has 1 aromatic carbocycles. The van der Waals surface area contributed by atoms with Crippen molar-refractivity contribution in [3.63, 3.8) is 0 Å². The number of nitrogens with zero attached hydrogens (tertiary/aromatic N) is 1. The molecule has 0 unspecified atom stereocenters. The summed E-state index contributed by atoms with van der Waals surface area (Å²) in [4.78, 5) is 14.1. The molecule has 26 heavy (non-hydrogen) atoms. The molecular formula is C20H19FN2O2S. The van der Waals surface area contributed by atoms with Gasteiger partial charge in [-0.15, -0.1) is 11.3 Å². The first kappa shape index (κ1) is 17.0. The number of benzene rings is 1. The highest BCUT2D eigenvalue weighted by molar-refractivity contribution is 7.10. The van der Waals surface area contributed by atoms with E-state index in [2.05, 4.69) is 10.5 Å². The van der Waals surface area contributed by atoms with E-state index in [4.69, 9.17) is 4.52 Å². The molecule has 4 nitrogen and oxygen atoms in total. The van der Waals surface area contributed by atoms with Gasteiger partial charge < -0.3 is 9.84 Å². The normalized spacial score (nSPS) is 15.9. The molecule has 134 valence electrons. The van der Waals surface area contributed by atoms with Crippen LogP contribution in [0.15, 0.2) is 52.4 Å². The van der Waals surface area contributed by atoms with Crippen LogP contribution in [0.4, 0.5) is 4.39 Å². The first-order chi connectivity index (χ1) is 12.7. The van der Waals surface area contributed by atoms with Crippen LogP contribution >= 0.6 is 11.3 Å². The molecule has 1 fully saturated rings. The lowest BCUT2D eigenvalue weighted by Gasteiger charge is -2.26. The Kier molecular flexibility index (Phi) is 4.59. The number of aromatic nitrogens is 1. The van der Waals surface area contributed by atoms with E-state index >= 15 is 0 Å². The van der Waals surface area contributed by atoms with Crippen LogP contribution in [0.5, 0.6) is 0 Å². The van der Waals surface area contributed by atoms with Crippen LogP contribution in [0, 0.1) is 5.82 Å². The van der Waals surface area contributed by atoms with Crippen LogP contribution in [-0.4, -0.2) is 11.1 Å². The summed E-state index contributed by atoms with van der Waals surface area (Å²) in [6, 6.07) is 12.1. The molecule has 2 heterocycles. The van der Waals surface area contributed by atoms with Gasteiger partial charge in [-0.2, -0.15) is 0 Å². The van der Waals surface area contributed by atoms with Crippen molar-refractivity contribution in [1.29, 1.82) is 0 Å². The third-order valence-corrected chi connectivity index (χ3v) is 6.09. The van der Waals surface area contributed by atoms with Gasteiger partial charge in [0.1, 0.15) is 11.5 Å². The predicted octanol–water partition coefficient (Wildman–Crippen LogP) is 4.67. The second-order valence-electron chi connectivity index (χ2n) is 6.61. The Bertz CT molecular complexity index is 898. The lowest BCUT2D eigenvalue weighted by molar-refractivity contribution is -0.126. The number of halogens is 1. The number of carbonyl (C=O) groups is 1. The van der Waals surface area contributed by atoms with Gasteiger partial charge in [0, 0.05) is 10.9 Å². The lowest BCUT2D eigenvalue weighted by Crippen LogP contribution is -2.41. The maximum atomic E-state index is 13.9. The zero-order chi connectivity index (χ0) is 18.0. The average molecular weight is 370 g/mol. The number of hydrogen-bond acceptors (Lipinski definition) is 4. The molecule has 0 atom stereocenters. The van der Waals surface area contributed by atoms with E-state index in [1.807, 2.05) is 17.5 Å². The van der Waals surface area contributed by atoms with Crippen molar-refractivity contribution in [3.8, 4) is 11.3 Å². The van der Waals surface area contributed by atoms with E-state index in [0.717, 1.165) is 30.6 Å². The Labute approximate surface area is 155 Å². The fourth-order valence-electron chi connectivity index (χ4n) is 3.64. The third kappa shape index (κ3) is 3.05. The van der Waals surface area contributed by atoms with Gasteiger partial charge >= 0.3 is 0 Å². The van der Waals surface area contributed by atoms with Crippen LogP contribution in [-0.2, 0) is 16.8 Å². The van der Waals surface area contributed by atoms with Crippen LogP contribution in [0.25, 0.3) is 11.3 Å². The van der Waals surface area contributed by atoms with Crippen molar-refractivity contribution in [1.82, 2.24) is 10.5 Å². The maximum absolute atomic E-state index is 13.9. The fourth-order valence-corrected chi connectivity index (χ4v) is 4.62. The number of nitrogens with one attached hydrogen (secondary N) is 1. The molecule has 1 amide bonds. The monoisotopic (exact) mass is 370 g/mol. The molecule has 3 aromatic rings. The largest absolute Gasteiger partial charge is 0.356 e. The molecule has 1 saturated carbocycles. The zero-order valence-electron chi connectivity index (χ0n) is 14.2. The summed E-state index contributed by atoms with van der Waals surface area (Å²) >= 11 is 1.64. The van der Waals surface area contributed by atoms with Crippen molar-refractivity contribution >= 4 is 17.2 Å². The quantitative estimate of drug-likeness (QED) is 0.710. The number of thiophene rings is 1. The van der Waals surface area contributed by atoms with Crippen molar-refractivity contribution in [2.45, 2.75) is 37.6 Å². The highest BCUT2D eigenvalue weighted by Gasteiger charge is 2.43. The number of rotatable bonds is 5. The second kappa shape index (κ2) is 7.03. The standard InChI is InChI=1S/C20H19FN2O2S/c21-16-7-2-1-6-15(16)17-12-14(23-25-17)13-22-19(24)20(9-3-4-10-20)18-8-5-11-26-18/h1-2,5-8,11-12H,3-4,9-10,13H2,(H,22,24). The van der Waals surface area contributed by atoms with Gasteiger partial charge in [-0.05, 0) is 36.4 Å². The van der Waals surface area contributed by atoms with Gasteiger partial charge in [0.2, 0.25) is 5.91 Å². The van der Waals surface area contributed by atoms with Crippen molar-refractivity contribution in [2.75, 3.05) is 0 Å². The van der Waals surface area contributed by atoms with E-state index in [-0.39, 0.29) is 18.3 Å². The van der Waals surface area contributed by atoms with Gasteiger partial charge in [-0.25, -0.2) is 4.39 Å². The first-order valence-electron chi connectivity index (χ1n) is 8.72. The highest BCUT2D eigenvalue weighted by atomic mass is 32.1. The summed E-state index contributed by atoms with van der Waals surface area (Å²) in [6.07, 6.45) is 3.87. The SMILES string of the molecule is O=C(NCc1cc(-c2ccccc2F)on1)C1(c2cccs2)CCCC1. The first-order valence-corrected chi connectivity index (χ1v) is 9.60. The zero-order valence-corrected chi connectivity index (χ0v) is 15.0. The van der Waals surface area contributed by atoms with E-state index in [0.29, 0.717) is 17.0 Å². The molecule has 1 N–H and O–H groups in total. The summed E-state index contributed by atoms with van der Waals surface area (Å²) < 4.78 is 19.1. The minimum Gasteiger partial charge on any atom is -0.356 e.